The van der Waals surface area contributed by atoms with Crippen molar-refractivity contribution in [3.05, 3.63) is 30.6 Å². The van der Waals surface area contributed by atoms with Gasteiger partial charge >= 0.3 is 5.97 Å². The molecule has 1 amide bonds. The van der Waals surface area contributed by atoms with Crippen molar-refractivity contribution in [1.82, 2.24) is 14.8 Å². The van der Waals surface area contributed by atoms with Crippen molar-refractivity contribution in [1.29, 1.82) is 5.26 Å². The number of nitrogens with zero attached hydrogens (tertiary/aromatic N) is 5. The van der Waals surface area contributed by atoms with Gasteiger partial charge in [0.15, 0.2) is 0 Å². The molecule has 0 saturated carbocycles. The Morgan fingerprint density at radius 1 is 1.43 bits per heavy atom. The first-order valence-electron chi connectivity index (χ1n) is 6.82. The summed E-state index contributed by atoms with van der Waals surface area (Å²) in [6.07, 6.45) is 4.44. The molecule has 23 heavy (non-hydrogen) atoms. The SMILES string of the molecule is CN(C(=O)CCC(=O)OC#N)c1cc(-c2cccnc2)nn1C. The predicted octanol–water partition coefficient (Wildman–Crippen LogP) is 1.25. The lowest BCUT2D eigenvalue weighted by Gasteiger charge is -2.16. The van der Waals surface area contributed by atoms with Gasteiger partial charge in [-0.2, -0.15) is 5.10 Å². The fourth-order valence-corrected chi connectivity index (χ4v) is 2.03. The summed E-state index contributed by atoms with van der Waals surface area (Å²) in [5.41, 5.74) is 1.53. The molecule has 0 spiro atoms. The molecule has 0 aliphatic heterocycles. The fourth-order valence-electron chi connectivity index (χ4n) is 2.03. The summed E-state index contributed by atoms with van der Waals surface area (Å²) >= 11 is 0. The van der Waals surface area contributed by atoms with E-state index >= 15 is 0 Å². The lowest BCUT2D eigenvalue weighted by Crippen LogP contribution is -2.28. The zero-order chi connectivity index (χ0) is 16.8. The number of aromatic nitrogens is 3. The molecule has 0 atom stereocenters. The molecule has 2 aromatic rings. The highest BCUT2D eigenvalue weighted by Crippen LogP contribution is 2.22. The number of carbonyl (C=O) groups excluding carboxylic acids is 2. The largest absolute Gasteiger partial charge is 0.351 e. The summed E-state index contributed by atoms with van der Waals surface area (Å²) in [6, 6.07) is 5.45. The van der Waals surface area contributed by atoms with E-state index < -0.39 is 5.97 Å². The number of ether oxygens (including phenoxy) is 1. The molecule has 2 aromatic heterocycles. The number of hydrogen-bond acceptors (Lipinski definition) is 6. The van der Waals surface area contributed by atoms with Gasteiger partial charge in [0.1, 0.15) is 5.82 Å². The third-order valence-corrected chi connectivity index (χ3v) is 3.23. The summed E-state index contributed by atoms with van der Waals surface area (Å²) in [6.45, 7) is 0. The molecule has 0 N–H and O–H groups in total. The first-order chi connectivity index (χ1) is 11.0. The summed E-state index contributed by atoms with van der Waals surface area (Å²) in [5, 5.41) is 12.6. The summed E-state index contributed by atoms with van der Waals surface area (Å²) in [4.78, 5) is 28.7. The number of aryl methyl sites for hydroxylation is 1. The monoisotopic (exact) mass is 313 g/mol. The Bertz CT molecular complexity index is 748. The second-order valence-electron chi connectivity index (χ2n) is 4.77. The lowest BCUT2D eigenvalue weighted by atomic mass is 10.2. The Morgan fingerprint density at radius 3 is 2.87 bits per heavy atom. The van der Waals surface area contributed by atoms with Crippen LogP contribution in [-0.4, -0.2) is 33.7 Å². The number of pyridine rings is 1. The van der Waals surface area contributed by atoms with Crippen LogP contribution in [0.5, 0.6) is 0 Å². The van der Waals surface area contributed by atoms with Crippen molar-refractivity contribution in [2.45, 2.75) is 12.8 Å². The summed E-state index contributed by atoms with van der Waals surface area (Å²) < 4.78 is 5.71. The second kappa shape index (κ2) is 7.17. The van der Waals surface area contributed by atoms with E-state index in [4.69, 9.17) is 5.26 Å². The molecule has 0 saturated heterocycles. The Labute approximate surface area is 132 Å². The molecule has 8 heteroatoms. The second-order valence-corrected chi connectivity index (χ2v) is 4.77. The predicted molar refractivity (Wildman–Crippen MR) is 80.8 cm³/mol. The van der Waals surface area contributed by atoms with Crippen LogP contribution in [0.4, 0.5) is 5.82 Å². The van der Waals surface area contributed by atoms with Crippen molar-refractivity contribution in [2.24, 2.45) is 7.05 Å². The molecule has 0 radical (unpaired) electrons. The number of anilines is 1. The molecule has 2 heterocycles. The van der Waals surface area contributed by atoms with Crippen LogP contribution in [0, 0.1) is 11.5 Å². The topological polar surface area (TPSA) is 101 Å². The molecule has 0 unspecified atom stereocenters. The van der Waals surface area contributed by atoms with Crippen molar-refractivity contribution in [2.75, 3.05) is 11.9 Å². The molecule has 0 fully saturated rings. The van der Waals surface area contributed by atoms with Gasteiger partial charge in [-0.3, -0.25) is 19.3 Å². The third kappa shape index (κ3) is 3.91. The van der Waals surface area contributed by atoms with Crippen molar-refractivity contribution in [3.8, 4) is 17.5 Å². The first-order valence-corrected chi connectivity index (χ1v) is 6.82. The average Bonchev–Trinajstić information content (AvgIpc) is 2.95. The van der Waals surface area contributed by atoms with Gasteiger partial charge in [0.2, 0.25) is 5.91 Å². The van der Waals surface area contributed by atoms with Crippen molar-refractivity contribution in [3.63, 3.8) is 0 Å². The van der Waals surface area contributed by atoms with E-state index in [9.17, 15) is 9.59 Å². The van der Waals surface area contributed by atoms with Gasteiger partial charge in [-0.25, -0.2) is 0 Å². The van der Waals surface area contributed by atoms with Crippen molar-refractivity contribution >= 4 is 17.7 Å². The molecule has 0 bridgehead atoms. The van der Waals surface area contributed by atoms with Crippen LogP contribution in [0.15, 0.2) is 30.6 Å². The van der Waals surface area contributed by atoms with Crippen LogP contribution >= 0.6 is 0 Å². The molecule has 8 nitrogen and oxygen atoms in total. The lowest BCUT2D eigenvalue weighted by molar-refractivity contribution is -0.138. The normalized spacial score (nSPS) is 9.96. The molecular weight excluding hydrogens is 298 g/mol. The zero-order valence-corrected chi connectivity index (χ0v) is 12.8. The summed E-state index contributed by atoms with van der Waals surface area (Å²) in [5.74, 6) is -0.418. The van der Waals surface area contributed by atoms with Crippen LogP contribution in [0.2, 0.25) is 0 Å². The zero-order valence-electron chi connectivity index (χ0n) is 12.8. The fraction of sp³-hybridized carbons (Fsp3) is 0.267. The number of esters is 1. The highest BCUT2D eigenvalue weighted by molar-refractivity contribution is 5.94. The van der Waals surface area contributed by atoms with Gasteiger partial charge in [0.05, 0.1) is 12.1 Å². The quantitative estimate of drug-likeness (QED) is 0.608. The molecule has 0 aliphatic rings. The Balaban J connectivity index is 2.09. The number of carbonyl (C=O) groups is 2. The van der Waals surface area contributed by atoms with E-state index in [1.165, 1.54) is 11.2 Å². The molecule has 0 aromatic carbocycles. The minimum Gasteiger partial charge on any atom is -0.351 e. The Hall–Kier alpha value is -3.21. The molecule has 0 aliphatic carbocycles. The standard InChI is InChI=1S/C15H15N5O3/c1-19(14(21)5-6-15(22)23-10-16)13-8-12(18-20(13)2)11-4-3-7-17-9-11/h3-4,7-9H,5-6H2,1-2H3. The minimum atomic E-state index is -0.727. The van der Waals surface area contributed by atoms with E-state index in [1.807, 2.05) is 6.07 Å². The van der Waals surface area contributed by atoms with E-state index in [0.717, 1.165) is 5.56 Å². The van der Waals surface area contributed by atoms with Crippen LogP contribution in [0.25, 0.3) is 11.3 Å². The Kier molecular flexibility index (Phi) is 5.04. The van der Waals surface area contributed by atoms with Gasteiger partial charge in [-0.1, -0.05) is 0 Å². The average molecular weight is 313 g/mol. The van der Waals surface area contributed by atoms with E-state index in [0.29, 0.717) is 11.5 Å². The van der Waals surface area contributed by atoms with Crippen molar-refractivity contribution < 1.29 is 14.3 Å². The summed E-state index contributed by atoms with van der Waals surface area (Å²) in [7, 11) is 3.32. The molecular formula is C15H15N5O3. The maximum atomic E-state index is 12.1. The first kappa shape index (κ1) is 16.2. The highest BCUT2D eigenvalue weighted by atomic mass is 16.5. The number of rotatable bonds is 5. The van der Waals surface area contributed by atoms with Gasteiger partial charge in [0.25, 0.3) is 6.26 Å². The number of hydrogen-bond donors (Lipinski definition) is 0. The maximum Gasteiger partial charge on any atom is 0.322 e. The van der Waals surface area contributed by atoms with Gasteiger partial charge in [0, 0.05) is 44.5 Å². The Morgan fingerprint density at radius 2 is 2.22 bits per heavy atom. The smallest absolute Gasteiger partial charge is 0.322 e. The number of amides is 1. The van der Waals surface area contributed by atoms with Crippen LogP contribution in [-0.2, 0) is 21.4 Å². The third-order valence-electron chi connectivity index (χ3n) is 3.23. The van der Waals surface area contributed by atoms with E-state index in [-0.39, 0.29) is 18.7 Å². The van der Waals surface area contributed by atoms with Crippen LogP contribution < -0.4 is 4.90 Å². The molecule has 2 rings (SSSR count). The van der Waals surface area contributed by atoms with E-state index in [1.54, 1.807) is 43.3 Å². The maximum absolute atomic E-state index is 12.1. The number of nitriles is 1. The van der Waals surface area contributed by atoms with E-state index in [2.05, 4.69) is 14.8 Å². The molecule has 118 valence electrons. The van der Waals surface area contributed by atoms with Gasteiger partial charge in [-0.05, 0) is 12.1 Å². The van der Waals surface area contributed by atoms with Gasteiger partial charge < -0.3 is 9.64 Å². The minimum absolute atomic E-state index is 0.0512. The highest BCUT2D eigenvalue weighted by Gasteiger charge is 2.18. The van der Waals surface area contributed by atoms with Gasteiger partial charge in [-0.15, -0.1) is 5.26 Å². The van der Waals surface area contributed by atoms with Crippen LogP contribution in [0.1, 0.15) is 12.8 Å². The van der Waals surface area contributed by atoms with Crippen LogP contribution in [0.3, 0.4) is 0 Å².